The standard InChI is InChI=1S/C18H20N4O5S/c1-27-15-4-2-3-14(10-15)22-11-13(9-17(22)23)21-18(24)20-12-5-7-16(8-6-12)28(19,25)26/h2-8,10,13H,9,11H2,1H3,(H2,19,25,26)(H2,20,21,24). The lowest BCUT2D eigenvalue weighted by molar-refractivity contribution is -0.117. The number of sulfonamides is 1. The summed E-state index contributed by atoms with van der Waals surface area (Å²) in [4.78, 5) is 26.0. The maximum atomic E-state index is 12.3. The number of nitrogens with one attached hydrogen (secondary N) is 2. The number of benzene rings is 2. The molecule has 1 fully saturated rings. The predicted octanol–water partition coefficient (Wildman–Crippen LogP) is 1.27. The molecule has 1 aliphatic heterocycles. The molecule has 0 radical (unpaired) electrons. The van der Waals surface area contributed by atoms with Crippen LogP contribution in [-0.4, -0.2) is 40.1 Å². The fraction of sp³-hybridized carbons (Fsp3) is 0.222. The van der Waals surface area contributed by atoms with Crippen molar-refractivity contribution < 1.29 is 22.7 Å². The minimum absolute atomic E-state index is 0.0474. The number of ether oxygens (including phenoxy) is 1. The van der Waals surface area contributed by atoms with Crippen molar-refractivity contribution in [2.24, 2.45) is 5.14 Å². The summed E-state index contributed by atoms with van der Waals surface area (Å²) in [6.45, 7) is 0.337. The first-order valence-electron chi connectivity index (χ1n) is 8.41. The van der Waals surface area contributed by atoms with Gasteiger partial charge in [-0.15, -0.1) is 0 Å². The third-order valence-corrected chi connectivity index (χ3v) is 5.20. The second kappa shape index (κ2) is 7.87. The Bertz CT molecular complexity index is 991. The normalized spacial score (nSPS) is 16.7. The van der Waals surface area contributed by atoms with Crippen LogP contribution in [0.1, 0.15) is 6.42 Å². The van der Waals surface area contributed by atoms with Crippen LogP contribution in [0, 0.1) is 0 Å². The molecule has 1 saturated heterocycles. The average Bonchev–Trinajstić information content (AvgIpc) is 3.01. The van der Waals surface area contributed by atoms with Crippen LogP contribution in [0.4, 0.5) is 16.2 Å². The molecular weight excluding hydrogens is 384 g/mol. The highest BCUT2D eigenvalue weighted by molar-refractivity contribution is 7.89. The molecule has 28 heavy (non-hydrogen) atoms. The van der Waals surface area contributed by atoms with Crippen molar-refractivity contribution in [1.82, 2.24) is 5.32 Å². The van der Waals surface area contributed by atoms with Gasteiger partial charge in [-0.2, -0.15) is 0 Å². The highest BCUT2D eigenvalue weighted by Gasteiger charge is 2.31. The number of carbonyl (C=O) groups excluding carboxylic acids is 2. The number of methoxy groups -OCH3 is 1. The van der Waals surface area contributed by atoms with Gasteiger partial charge in [-0.1, -0.05) is 6.07 Å². The summed E-state index contributed by atoms with van der Waals surface area (Å²) in [6, 6.07) is 11.8. The molecule has 1 aliphatic rings. The van der Waals surface area contributed by atoms with Gasteiger partial charge in [0.15, 0.2) is 0 Å². The maximum absolute atomic E-state index is 12.3. The molecule has 1 unspecified atom stereocenters. The quantitative estimate of drug-likeness (QED) is 0.691. The lowest BCUT2D eigenvalue weighted by atomic mass is 10.2. The number of urea groups is 1. The van der Waals surface area contributed by atoms with E-state index in [0.717, 1.165) is 0 Å². The SMILES string of the molecule is COc1cccc(N2CC(NC(=O)Nc3ccc(S(N)(=O)=O)cc3)CC2=O)c1. The number of primary sulfonamides is 1. The monoisotopic (exact) mass is 404 g/mol. The summed E-state index contributed by atoms with van der Waals surface area (Å²) in [7, 11) is -2.24. The van der Waals surface area contributed by atoms with E-state index in [2.05, 4.69) is 10.6 Å². The van der Waals surface area contributed by atoms with Gasteiger partial charge in [-0.3, -0.25) is 4.79 Å². The Morgan fingerprint density at radius 2 is 1.93 bits per heavy atom. The van der Waals surface area contributed by atoms with Gasteiger partial charge in [-0.05, 0) is 36.4 Å². The van der Waals surface area contributed by atoms with E-state index in [1.807, 2.05) is 0 Å². The Morgan fingerprint density at radius 1 is 1.21 bits per heavy atom. The van der Waals surface area contributed by atoms with E-state index in [-0.39, 0.29) is 23.3 Å². The summed E-state index contributed by atoms with van der Waals surface area (Å²) in [5.41, 5.74) is 1.10. The van der Waals surface area contributed by atoms with Gasteiger partial charge >= 0.3 is 6.03 Å². The zero-order chi connectivity index (χ0) is 20.3. The number of rotatable bonds is 5. The molecule has 1 atom stereocenters. The molecule has 2 aromatic rings. The fourth-order valence-electron chi connectivity index (χ4n) is 2.91. The number of anilines is 2. The summed E-state index contributed by atoms with van der Waals surface area (Å²) < 4.78 is 27.7. The van der Waals surface area contributed by atoms with Gasteiger partial charge in [0.05, 0.1) is 18.0 Å². The molecule has 2 aromatic carbocycles. The molecule has 0 bridgehead atoms. The molecular formula is C18H20N4O5S. The van der Waals surface area contributed by atoms with Crippen LogP contribution in [0.25, 0.3) is 0 Å². The first kappa shape index (κ1) is 19.6. The maximum Gasteiger partial charge on any atom is 0.319 e. The van der Waals surface area contributed by atoms with Gasteiger partial charge < -0.3 is 20.3 Å². The minimum Gasteiger partial charge on any atom is -0.497 e. The Hall–Kier alpha value is -3.11. The number of hydrogen-bond acceptors (Lipinski definition) is 5. The summed E-state index contributed by atoms with van der Waals surface area (Å²) in [6.07, 6.45) is 0.176. The highest BCUT2D eigenvalue weighted by Crippen LogP contribution is 2.25. The van der Waals surface area contributed by atoms with Crippen LogP contribution < -0.4 is 25.4 Å². The molecule has 0 aromatic heterocycles. The van der Waals surface area contributed by atoms with E-state index >= 15 is 0 Å². The Kier molecular flexibility index (Phi) is 5.52. The molecule has 3 amide bonds. The second-order valence-electron chi connectivity index (χ2n) is 6.27. The van der Waals surface area contributed by atoms with Gasteiger partial charge in [0.25, 0.3) is 0 Å². The van der Waals surface area contributed by atoms with Crippen molar-refractivity contribution in [2.75, 3.05) is 23.9 Å². The smallest absolute Gasteiger partial charge is 0.319 e. The lowest BCUT2D eigenvalue weighted by Crippen LogP contribution is -2.39. The van der Waals surface area contributed by atoms with E-state index < -0.39 is 16.1 Å². The third-order valence-electron chi connectivity index (χ3n) is 4.27. The number of nitrogens with zero attached hydrogens (tertiary/aromatic N) is 1. The number of hydrogen-bond donors (Lipinski definition) is 3. The van der Waals surface area contributed by atoms with E-state index in [4.69, 9.17) is 9.88 Å². The molecule has 9 nitrogen and oxygen atoms in total. The van der Waals surface area contributed by atoms with E-state index in [9.17, 15) is 18.0 Å². The van der Waals surface area contributed by atoms with Crippen molar-refractivity contribution in [3.05, 3.63) is 48.5 Å². The zero-order valence-corrected chi connectivity index (χ0v) is 15.9. The molecule has 1 heterocycles. The van der Waals surface area contributed by atoms with Gasteiger partial charge in [-0.25, -0.2) is 18.4 Å². The molecule has 10 heteroatoms. The van der Waals surface area contributed by atoms with Crippen molar-refractivity contribution in [3.8, 4) is 5.75 Å². The van der Waals surface area contributed by atoms with Crippen molar-refractivity contribution in [1.29, 1.82) is 0 Å². The van der Waals surface area contributed by atoms with Crippen LogP contribution in [-0.2, 0) is 14.8 Å². The van der Waals surface area contributed by atoms with E-state index in [0.29, 0.717) is 23.7 Å². The number of amides is 3. The van der Waals surface area contributed by atoms with Crippen LogP contribution in [0.3, 0.4) is 0 Å². The Morgan fingerprint density at radius 3 is 2.57 bits per heavy atom. The first-order chi connectivity index (χ1) is 13.3. The number of carbonyl (C=O) groups is 2. The molecule has 148 valence electrons. The number of nitrogens with two attached hydrogens (primary N) is 1. The van der Waals surface area contributed by atoms with Crippen molar-refractivity contribution >= 4 is 33.3 Å². The predicted molar refractivity (Wildman–Crippen MR) is 104 cm³/mol. The molecule has 4 N–H and O–H groups in total. The van der Waals surface area contributed by atoms with E-state index in [1.54, 1.807) is 36.3 Å². The van der Waals surface area contributed by atoms with Crippen LogP contribution in [0.15, 0.2) is 53.4 Å². The Labute approximate surface area is 162 Å². The Balaban J connectivity index is 1.60. The summed E-state index contributed by atoms with van der Waals surface area (Å²) >= 11 is 0. The first-order valence-corrected chi connectivity index (χ1v) is 9.96. The van der Waals surface area contributed by atoms with Gasteiger partial charge in [0, 0.05) is 30.4 Å². The largest absolute Gasteiger partial charge is 0.497 e. The zero-order valence-electron chi connectivity index (χ0n) is 15.1. The summed E-state index contributed by atoms with van der Waals surface area (Å²) in [5.74, 6) is 0.540. The van der Waals surface area contributed by atoms with Crippen molar-refractivity contribution in [3.63, 3.8) is 0 Å². The van der Waals surface area contributed by atoms with Crippen LogP contribution in [0.2, 0.25) is 0 Å². The summed E-state index contributed by atoms with van der Waals surface area (Å²) in [5, 5.41) is 10.4. The topological polar surface area (TPSA) is 131 Å². The third kappa shape index (κ3) is 4.59. The van der Waals surface area contributed by atoms with E-state index in [1.165, 1.54) is 24.3 Å². The lowest BCUT2D eigenvalue weighted by Gasteiger charge is -2.18. The molecule has 0 aliphatic carbocycles. The van der Waals surface area contributed by atoms with Crippen LogP contribution >= 0.6 is 0 Å². The minimum atomic E-state index is -3.79. The van der Waals surface area contributed by atoms with Crippen molar-refractivity contribution in [2.45, 2.75) is 17.4 Å². The fourth-order valence-corrected chi connectivity index (χ4v) is 3.43. The molecule has 0 spiro atoms. The second-order valence-corrected chi connectivity index (χ2v) is 7.84. The van der Waals surface area contributed by atoms with Gasteiger partial charge in [0.1, 0.15) is 5.75 Å². The highest BCUT2D eigenvalue weighted by atomic mass is 32.2. The average molecular weight is 404 g/mol. The molecule has 3 rings (SSSR count). The van der Waals surface area contributed by atoms with Gasteiger partial charge in [0.2, 0.25) is 15.9 Å². The van der Waals surface area contributed by atoms with Crippen LogP contribution in [0.5, 0.6) is 5.75 Å². The molecule has 0 saturated carbocycles.